The molecule has 0 bridgehead atoms. The molecule has 5 rings (SSSR count). The zero-order valence-corrected chi connectivity index (χ0v) is 14.3. The van der Waals surface area contributed by atoms with Crippen molar-refractivity contribution < 1.29 is 5.11 Å². The molecule has 0 amide bonds. The molecule has 1 aliphatic carbocycles. The summed E-state index contributed by atoms with van der Waals surface area (Å²) in [7, 11) is 0. The van der Waals surface area contributed by atoms with Gasteiger partial charge in [-0.3, -0.25) is 0 Å². The van der Waals surface area contributed by atoms with E-state index in [4.69, 9.17) is 0 Å². The van der Waals surface area contributed by atoms with Gasteiger partial charge in [-0.15, -0.1) is 0 Å². The molecule has 4 aromatic carbocycles. The Hall–Kier alpha value is -2.38. The van der Waals surface area contributed by atoms with Gasteiger partial charge in [0.15, 0.2) is 0 Å². The van der Waals surface area contributed by atoms with E-state index in [1.54, 1.807) is 0 Å². The highest BCUT2D eigenvalue weighted by Crippen LogP contribution is 2.41. The van der Waals surface area contributed by atoms with E-state index in [2.05, 4.69) is 66.7 Å². The maximum atomic E-state index is 10.7. The van der Waals surface area contributed by atoms with Gasteiger partial charge in [0, 0.05) is 5.92 Å². The number of hydrogen-bond donors (Lipinski definition) is 1. The van der Waals surface area contributed by atoms with Gasteiger partial charge >= 0.3 is 0 Å². The van der Waals surface area contributed by atoms with E-state index in [1.165, 1.54) is 44.3 Å². The van der Waals surface area contributed by atoms with Crippen molar-refractivity contribution in [3.8, 4) is 0 Å². The first-order valence-corrected chi connectivity index (χ1v) is 9.34. The minimum Gasteiger partial charge on any atom is -0.392 e. The van der Waals surface area contributed by atoms with Gasteiger partial charge in [0.2, 0.25) is 0 Å². The molecular formula is C24H22O. The summed E-state index contributed by atoms with van der Waals surface area (Å²) in [6, 6.07) is 24.1. The molecule has 1 N–H and O–H groups in total. The summed E-state index contributed by atoms with van der Waals surface area (Å²) >= 11 is 0. The number of rotatable bonds is 1. The number of fused-ring (bicyclic) bond motifs is 5. The zero-order valence-electron chi connectivity index (χ0n) is 14.3. The van der Waals surface area contributed by atoms with Crippen LogP contribution < -0.4 is 0 Å². The SMILES string of the molecule is OC1CCCCC1c1cc2c3ccccc3ccc2c2ccccc12. The van der Waals surface area contributed by atoms with Gasteiger partial charge < -0.3 is 5.11 Å². The predicted molar refractivity (Wildman–Crippen MR) is 106 cm³/mol. The molecule has 4 aromatic rings. The van der Waals surface area contributed by atoms with E-state index in [0.29, 0.717) is 0 Å². The van der Waals surface area contributed by atoms with Gasteiger partial charge in [0.05, 0.1) is 6.10 Å². The normalized spacial score (nSPS) is 21.2. The highest BCUT2D eigenvalue weighted by molar-refractivity contribution is 6.18. The number of aliphatic hydroxyl groups is 1. The lowest BCUT2D eigenvalue weighted by atomic mass is 9.78. The molecule has 0 saturated heterocycles. The summed E-state index contributed by atoms with van der Waals surface area (Å²) in [6.07, 6.45) is 4.15. The van der Waals surface area contributed by atoms with Gasteiger partial charge in [-0.1, -0.05) is 73.5 Å². The molecule has 25 heavy (non-hydrogen) atoms. The van der Waals surface area contributed by atoms with E-state index in [-0.39, 0.29) is 12.0 Å². The minimum absolute atomic E-state index is 0.218. The van der Waals surface area contributed by atoms with Crippen LogP contribution >= 0.6 is 0 Å². The smallest absolute Gasteiger partial charge is 0.0608 e. The number of aliphatic hydroxyl groups excluding tert-OH is 1. The van der Waals surface area contributed by atoms with Crippen LogP contribution in [-0.2, 0) is 0 Å². The standard InChI is InChI=1S/C24H22O/c25-24-12-6-5-11-21(24)23-15-22-17-8-2-1-7-16(17)13-14-20(22)18-9-3-4-10-19(18)23/h1-4,7-10,13-15,21,24-25H,5-6,11-12H2. The second-order valence-electron chi connectivity index (χ2n) is 7.35. The number of benzene rings is 4. The van der Waals surface area contributed by atoms with Gasteiger partial charge in [-0.2, -0.15) is 0 Å². The van der Waals surface area contributed by atoms with Crippen LogP contribution in [0.5, 0.6) is 0 Å². The molecule has 0 radical (unpaired) electrons. The van der Waals surface area contributed by atoms with Crippen molar-refractivity contribution in [3.05, 3.63) is 72.3 Å². The molecular weight excluding hydrogens is 304 g/mol. The van der Waals surface area contributed by atoms with Crippen LogP contribution in [0.2, 0.25) is 0 Å². The van der Waals surface area contributed by atoms with Crippen LogP contribution in [0.3, 0.4) is 0 Å². The van der Waals surface area contributed by atoms with E-state index >= 15 is 0 Å². The maximum absolute atomic E-state index is 10.7. The Morgan fingerprint density at radius 3 is 2.16 bits per heavy atom. The third-order valence-electron chi connectivity index (χ3n) is 5.93. The van der Waals surface area contributed by atoms with Crippen LogP contribution in [0.15, 0.2) is 66.7 Å². The van der Waals surface area contributed by atoms with Crippen LogP contribution in [0.4, 0.5) is 0 Å². The van der Waals surface area contributed by atoms with Gasteiger partial charge in [0.25, 0.3) is 0 Å². The topological polar surface area (TPSA) is 20.2 Å². The average molecular weight is 326 g/mol. The molecule has 0 aromatic heterocycles. The average Bonchev–Trinajstić information content (AvgIpc) is 2.67. The lowest BCUT2D eigenvalue weighted by molar-refractivity contribution is 0.107. The number of hydrogen-bond acceptors (Lipinski definition) is 1. The highest BCUT2D eigenvalue weighted by atomic mass is 16.3. The molecule has 0 spiro atoms. The molecule has 1 saturated carbocycles. The van der Waals surface area contributed by atoms with E-state index in [0.717, 1.165) is 19.3 Å². The summed E-state index contributed by atoms with van der Waals surface area (Å²) in [4.78, 5) is 0. The molecule has 1 nitrogen and oxygen atoms in total. The predicted octanol–water partition coefficient (Wildman–Crippen LogP) is 6.16. The van der Waals surface area contributed by atoms with Crippen molar-refractivity contribution >= 4 is 32.3 Å². The molecule has 1 heteroatoms. The summed E-state index contributed by atoms with van der Waals surface area (Å²) in [5, 5.41) is 18.5. The first-order valence-electron chi connectivity index (χ1n) is 9.34. The Morgan fingerprint density at radius 1 is 0.640 bits per heavy atom. The Kier molecular flexibility index (Phi) is 3.50. The van der Waals surface area contributed by atoms with Crippen molar-refractivity contribution in [2.45, 2.75) is 37.7 Å². The highest BCUT2D eigenvalue weighted by Gasteiger charge is 2.26. The molecule has 124 valence electrons. The fourth-order valence-corrected chi connectivity index (χ4v) is 4.67. The van der Waals surface area contributed by atoms with Gasteiger partial charge in [-0.05, 0) is 56.8 Å². The Morgan fingerprint density at radius 2 is 1.32 bits per heavy atom. The summed E-state index contributed by atoms with van der Waals surface area (Å²) in [5.41, 5.74) is 1.33. The van der Waals surface area contributed by atoms with Crippen LogP contribution in [0.25, 0.3) is 32.3 Å². The van der Waals surface area contributed by atoms with Crippen molar-refractivity contribution in [1.29, 1.82) is 0 Å². The third kappa shape index (κ3) is 2.34. The Balaban J connectivity index is 1.90. The van der Waals surface area contributed by atoms with Crippen molar-refractivity contribution in [2.75, 3.05) is 0 Å². The molecule has 2 unspecified atom stereocenters. The van der Waals surface area contributed by atoms with Crippen molar-refractivity contribution in [1.82, 2.24) is 0 Å². The minimum atomic E-state index is -0.218. The van der Waals surface area contributed by atoms with E-state index in [9.17, 15) is 5.11 Å². The van der Waals surface area contributed by atoms with E-state index < -0.39 is 0 Å². The fourth-order valence-electron chi connectivity index (χ4n) is 4.67. The first-order chi connectivity index (χ1) is 12.3. The Bertz CT molecular complexity index is 1080. The fraction of sp³-hybridized carbons (Fsp3) is 0.250. The Labute approximate surface area is 147 Å². The lowest BCUT2D eigenvalue weighted by Crippen LogP contribution is -2.22. The molecule has 0 heterocycles. The third-order valence-corrected chi connectivity index (χ3v) is 5.93. The lowest BCUT2D eigenvalue weighted by Gasteiger charge is -2.29. The largest absolute Gasteiger partial charge is 0.392 e. The van der Waals surface area contributed by atoms with Crippen molar-refractivity contribution in [2.24, 2.45) is 0 Å². The first kappa shape index (κ1) is 14.9. The molecule has 1 aliphatic rings. The maximum Gasteiger partial charge on any atom is 0.0608 e. The zero-order chi connectivity index (χ0) is 16.8. The molecule has 2 atom stereocenters. The van der Waals surface area contributed by atoms with E-state index in [1.807, 2.05) is 0 Å². The van der Waals surface area contributed by atoms with Gasteiger partial charge in [0.1, 0.15) is 0 Å². The van der Waals surface area contributed by atoms with Crippen LogP contribution in [0.1, 0.15) is 37.2 Å². The quantitative estimate of drug-likeness (QED) is 0.415. The van der Waals surface area contributed by atoms with Crippen LogP contribution in [-0.4, -0.2) is 11.2 Å². The summed E-state index contributed by atoms with van der Waals surface area (Å²) in [5.74, 6) is 0.252. The molecule has 0 aliphatic heterocycles. The summed E-state index contributed by atoms with van der Waals surface area (Å²) < 4.78 is 0. The second-order valence-corrected chi connectivity index (χ2v) is 7.35. The van der Waals surface area contributed by atoms with Gasteiger partial charge in [-0.25, -0.2) is 0 Å². The summed E-state index contributed by atoms with van der Waals surface area (Å²) in [6.45, 7) is 0. The molecule has 1 fully saturated rings. The van der Waals surface area contributed by atoms with Crippen molar-refractivity contribution in [3.63, 3.8) is 0 Å². The van der Waals surface area contributed by atoms with Crippen LogP contribution in [0, 0.1) is 0 Å². The second kappa shape index (κ2) is 5.86. The monoisotopic (exact) mass is 326 g/mol.